The predicted molar refractivity (Wildman–Crippen MR) is 205 cm³/mol. The van der Waals surface area contributed by atoms with Crippen LogP contribution in [0.25, 0.3) is 0 Å². The lowest BCUT2D eigenvalue weighted by atomic mass is 9.77. The number of aliphatic carboxylic acids is 1. The number of ketones is 1. The normalized spacial score (nSPS) is 18.1. The zero-order valence-electron chi connectivity index (χ0n) is 31.5. The number of carboxylic acids is 1. The Hall–Kier alpha value is -6.31. The van der Waals surface area contributed by atoms with E-state index in [4.69, 9.17) is 14.6 Å². The van der Waals surface area contributed by atoms with E-state index in [-0.39, 0.29) is 35.7 Å². The molecule has 2 aliphatic heterocycles. The number of carboxylic acid groups (broad SMARTS) is 1. The molecule has 0 unspecified atom stereocenters. The number of hydrogen-bond acceptors (Lipinski definition) is 10. The number of unbranched alkanes of at least 4 members (excludes halogenated alkanes) is 2. The van der Waals surface area contributed by atoms with Crippen molar-refractivity contribution in [2.75, 3.05) is 25.7 Å². The van der Waals surface area contributed by atoms with Crippen molar-refractivity contribution >= 4 is 40.2 Å². The highest BCUT2D eigenvalue weighted by molar-refractivity contribution is 6.24. The molecule has 3 aromatic rings. The fourth-order valence-electron chi connectivity index (χ4n) is 7.74. The van der Waals surface area contributed by atoms with Crippen molar-refractivity contribution < 1.29 is 43.7 Å². The molecule has 0 bridgehead atoms. The highest BCUT2D eigenvalue weighted by Crippen LogP contribution is 2.50. The Morgan fingerprint density at radius 2 is 1.47 bits per heavy atom. The third kappa shape index (κ3) is 6.95. The van der Waals surface area contributed by atoms with Crippen LogP contribution in [0.5, 0.6) is 11.5 Å². The number of nitrogens with zero attached hydrogens (tertiary/aromatic N) is 4. The monoisotopic (exact) mass is 751 g/mol. The van der Waals surface area contributed by atoms with Gasteiger partial charge in [-0.1, -0.05) is 20.3 Å². The van der Waals surface area contributed by atoms with E-state index in [0.717, 1.165) is 28.6 Å². The zero-order chi connectivity index (χ0) is 40.0. The average Bonchev–Trinajstić information content (AvgIpc) is 3.48. The minimum atomic E-state index is -0.839. The van der Waals surface area contributed by atoms with Gasteiger partial charge in [0.2, 0.25) is 11.5 Å². The molecule has 3 aliphatic rings. The molecule has 0 aromatic heterocycles. The molecular formula is C41H43N4O10+. The van der Waals surface area contributed by atoms with Crippen LogP contribution in [0.2, 0.25) is 0 Å². The maximum Gasteiger partial charge on any atom is 0.303 e. The van der Waals surface area contributed by atoms with Gasteiger partial charge in [-0.3, -0.25) is 29.8 Å². The van der Waals surface area contributed by atoms with Gasteiger partial charge in [-0.05, 0) is 68.7 Å². The van der Waals surface area contributed by atoms with Gasteiger partial charge < -0.3 is 24.6 Å². The summed E-state index contributed by atoms with van der Waals surface area (Å²) in [7, 11) is 3.14. The molecule has 0 saturated carbocycles. The van der Waals surface area contributed by atoms with E-state index in [2.05, 4.69) is 4.90 Å². The second-order valence-corrected chi connectivity index (χ2v) is 14.9. The van der Waals surface area contributed by atoms with Crippen LogP contribution in [-0.2, 0) is 27.0 Å². The Balaban J connectivity index is 1.43. The first-order valence-corrected chi connectivity index (χ1v) is 17.9. The molecule has 55 heavy (non-hydrogen) atoms. The Labute approximate surface area is 317 Å². The van der Waals surface area contributed by atoms with E-state index in [1.165, 1.54) is 12.1 Å². The molecule has 3 aromatic carbocycles. The molecule has 2 N–H and O–H groups in total. The lowest BCUT2D eigenvalue weighted by Crippen LogP contribution is -2.32. The van der Waals surface area contributed by atoms with Gasteiger partial charge in [0.1, 0.15) is 17.3 Å². The minimum Gasteiger partial charge on any atom is -0.506 e. The van der Waals surface area contributed by atoms with Crippen LogP contribution in [0.1, 0.15) is 70.1 Å². The molecule has 14 nitrogen and oxygen atoms in total. The maximum absolute atomic E-state index is 14.1. The highest BCUT2D eigenvalue weighted by Gasteiger charge is 2.48. The number of carbonyl (C=O) groups is 2. The molecule has 0 saturated heterocycles. The van der Waals surface area contributed by atoms with Crippen molar-refractivity contribution in [2.45, 2.75) is 70.8 Å². The summed E-state index contributed by atoms with van der Waals surface area (Å²) in [5.74, 6) is -0.133. The molecule has 0 amide bonds. The maximum atomic E-state index is 14.1. The Morgan fingerprint density at radius 3 is 2.05 bits per heavy atom. The number of anilines is 1. The van der Waals surface area contributed by atoms with Crippen molar-refractivity contribution in [1.82, 2.24) is 0 Å². The van der Waals surface area contributed by atoms with Gasteiger partial charge in [-0.15, -0.1) is 0 Å². The van der Waals surface area contributed by atoms with E-state index in [1.54, 1.807) is 32.4 Å². The van der Waals surface area contributed by atoms with E-state index in [0.29, 0.717) is 54.3 Å². The third-order valence-electron chi connectivity index (χ3n) is 10.8. The lowest BCUT2D eigenvalue weighted by molar-refractivity contribution is -0.455. The summed E-state index contributed by atoms with van der Waals surface area (Å²) in [5, 5.41) is 44.1. The van der Waals surface area contributed by atoms with Crippen LogP contribution >= 0.6 is 0 Å². The third-order valence-corrected chi connectivity index (χ3v) is 10.8. The Kier molecular flexibility index (Phi) is 10.1. The van der Waals surface area contributed by atoms with Crippen LogP contribution in [-0.4, -0.2) is 62.9 Å². The average molecular weight is 752 g/mol. The summed E-state index contributed by atoms with van der Waals surface area (Å²) < 4.78 is 12.9. The number of fused-ring (bicyclic) bond motifs is 2. The van der Waals surface area contributed by atoms with Gasteiger partial charge in [-0.2, -0.15) is 4.58 Å². The van der Waals surface area contributed by atoms with Crippen molar-refractivity contribution in [3.05, 3.63) is 126 Å². The quantitative estimate of drug-likeness (QED) is 0.0539. The number of allylic oxidation sites excluding steroid dienone is 5. The van der Waals surface area contributed by atoms with Crippen LogP contribution in [0.3, 0.4) is 0 Å². The van der Waals surface area contributed by atoms with Crippen LogP contribution in [0.4, 0.5) is 22.7 Å². The van der Waals surface area contributed by atoms with E-state index >= 15 is 0 Å². The number of ether oxygens (including phenoxy) is 2. The second kappa shape index (κ2) is 14.5. The molecule has 2 heterocycles. The SMILES string of the molecule is COc1ccc2c(c1)C(C)(C)C(=CC1=C(O)C(=CC3=[N+](Cc4cc([N+](=O)[O-])cc([N+](=O)[O-])c4)c4ccc(OC)cc4C3(C)C)C1=O)N2CCCCCC(=O)O. The second-order valence-electron chi connectivity index (χ2n) is 14.9. The summed E-state index contributed by atoms with van der Waals surface area (Å²) in [5.41, 5.74) is 3.20. The predicted octanol–water partition coefficient (Wildman–Crippen LogP) is 7.74. The summed E-state index contributed by atoms with van der Waals surface area (Å²) in [6.45, 7) is 8.53. The van der Waals surface area contributed by atoms with Crippen molar-refractivity contribution in [3.8, 4) is 11.5 Å². The summed E-state index contributed by atoms with van der Waals surface area (Å²) >= 11 is 0. The molecule has 6 rings (SSSR count). The van der Waals surface area contributed by atoms with Crippen LogP contribution in [0, 0.1) is 20.2 Å². The van der Waals surface area contributed by atoms with Gasteiger partial charge >= 0.3 is 5.97 Å². The zero-order valence-corrected chi connectivity index (χ0v) is 31.5. The number of hydrogen-bond donors (Lipinski definition) is 2. The number of non-ortho nitro benzene ring substituents is 2. The number of Topliss-reactive ketones (excluding diaryl/α,β-unsaturated/α-hetero) is 1. The summed E-state index contributed by atoms with van der Waals surface area (Å²) in [6.07, 6.45) is 5.38. The fraction of sp³-hybridized carbons (Fsp3) is 0.341. The first-order valence-electron chi connectivity index (χ1n) is 17.9. The van der Waals surface area contributed by atoms with Gasteiger partial charge in [0.15, 0.2) is 12.3 Å². The summed E-state index contributed by atoms with van der Waals surface area (Å²) in [4.78, 5) is 49.3. The molecular weight excluding hydrogens is 708 g/mol. The van der Waals surface area contributed by atoms with Gasteiger partial charge in [0.25, 0.3) is 11.4 Å². The van der Waals surface area contributed by atoms with E-state index in [1.807, 2.05) is 62.6 Å². The Bertz CT molecular complexity index is 2250. The number of nitro benzene ring substituents is 2. The minimum absolute atomic E-state index is 0.00268. The number of benzene rings is 3. The largest absolute Gasteiger partial charge is 0.506 e. The van der Waals surface area contributed by atoms with Crippen molar-refractivity contribution in [3.63, 3.8) is 0 Å². The number of aliphatic hydroxyl groups excluding tert-OH is 1. The van der Waals surface area contributed by atoms with Crippen molar-refractivity contribution in [2.24, 2.45) is 0 Å². The molecule has 1 aliphatic carbocycles. The number of nitro groups is 2. The molecule has 14 heteroatoms. The van der Waals surface area contributed by atoms with Crippen molar-refractivity contribution in [1.29, 1.82) is 0 Å². The molecule has 0 atom stereocenters. The van der Waals surface area contributed by atoms with E-state index in [9.17, 15) is 34.9 Å². The summed E-state index contributed by atoms with van der Waals surface area (Å²) in [6, 6.07) is 14.7. The molecule has 0 fully saturated rings. The van der Waals surface area contributed by atoms with E-state index < -0.39 is 38.0 Å². The Morgan fingerprint density at radius 1 is 0.855 bits per heavy atom. The molecule has 0 radical (unpaired) electrons. The van der Waals surface area contributed by atoms with Gasteiger partial charge in [-0.25, -0.2) is 0 Å². The van der Waals surface area contributed by atoms with Gasteiger partial charge in [0, 0.05) is 65.2 Å². The van der Waals surface area contributed by atoms with Gasteiger partial charge in [0.05, 0.1) is 46.7 Å². The number of aliphatic hydroxyl groups is 1. The first-order chi connectivity index (χ1) is 26.0. The topological polar surface area (TPSA) is 186 Å². The standard InChI is InChI=1S/C41H42N4O10/c1-40(2)31-19-27(54-5)11-13-33(31)42(15-9-7-8-10-37(46)47)35(40)21-29-38(48)30(39(29)49)22-36-41(3,4)32-20-28(55-6)12-14-34(32)43(36)23-24-16-25(44(50)51)18-26(17-24)45(52)53/h11-14,16-22H,7-10,15,23H2,1-6H3,(H-,46,47,48,49)/p+1. The first kappa shape index (κ1) is 38.4. The number of carbonyl (C=O) groups excluding carboxylic acids is 1. The fourth-order valence-corrected chi connectivity index (χ4v) is 7.74. The number of rotatable bonds is 14. The molecule has 0 spiro atoms. The van der Waals surface area contributed by atoms with Crippen LogP contribution in [0.15, 0.2) is 89.4 Å². The lowest BCUT2D eigenvalue weighted by Gasteiger charge is -2.29. The number of methoxy groups -OCH3 is 2. The van der Waals surface area contributed by atoms with Crippen LogP contribution < -0.4 is 14.4 Å². The highest BCUT2D eigenvalue weighted by atomic mass is 16.6. The smallest absolute Gasteiger partial charge is 0.303 e. The molecule has 286 valence electrons.